The molecule has 0 bridgehead atoms. The molecule has 2 aromatic rings. The Morgan fingerprint density at radius 1 is 0.958 bits per heavy atom. The number of benzene rings is 2. The SMILES string of the molecule is COCOc1cc(OC)ccc1C(=O)/C=C/c1ccc(OC)cc1. The van der Waals surface area contributed by atoms with Crippen LogP contribution >= 0.6 is 0 Å². The molecule has 126 valence electrons. The normalized spacial score (nSPS) is 10.6. The number of allylic oxidation sites excluding steroid dienone is 1. The molecule has 0 unspecified atom stereocenters. The zero-order chi connectivity index (χ0) is 17.4. The maximum absolute atomic E-state index is 12.5. The van der Waals surface area contributed by atoms with Gasteiger partial charge in [0, 0.05) is 13.2 Å². The van der Waals surface area contributed by atoms with Gasteiger partial charge in [-0.05, 0) is 35.9 Å². The van der Waals surface area contributed by atoms with Crippen LogP contribution in [0.1, 0.15) is 15.9 Å². The molecule has 0 aromatic heterocycles. The molecule has 0 radical (unpaired) electrons. The third-order valence-corrected chi connectivity index (χ3v) is 3.33. The quantitative estimate of drug-likeness (QED) is 0.421. The van der Waals surface area contributed by atoms with Gasteiger partial charge in [0.05, 0.1) is 19.8 Å². The summed E-state index contributed by atoms with van der Waals surface area (Å²) in [5.74, 6) is 1.63. The van der Waals surface area contributed by atoms with Crippen LogP contribution in [0.5, 0.6) is 17.2 Å². The maximum Gasteiger partial charge on any atom is 0.189 e. The number of methoxy groups -OCH3 is 3. The van der Waals surface area contributed by atoms with Crippen LogP contribution in [-0.2, 0) is 4.74 Å². The van der Waals surface area contributed by atoms with Crippen LogP contribution in [0.25, 0.3) is 6.08 Å². The molecule has 0 aliphatic heterocycles. The van der Waals surface area contributed by atoms with E-state index in [9.17, 15) is 4.79 Å². The first kappa shape index (κ1) is 17.6. The van der Waals surface area contributed by atoms with Gasteiger partial charge in [-0.3, -0.25) is 4.79 Å². The first-order valence-electron chi connectivity index (χ1n) is 7.34. The highest BCUT2D eigenvalue weighted by molar-refractivity contribution is 6.08. The van der Waals surface area contributed by atoms with Crippen molar-refractivity contribution in [3.63, 3.8) is 0 Å². The highest BCUT2D eigenvalue weighted by Gasteiger charge is 2.11. The Morgan fingerprint density at radius 3 is 2.25 bits per heavy atom. The van der Waals surface area contributed by atoms with Crippen molar-refractivity contribution in [3.8, 4) is 17.2 Å². The van der Waals surface area contributed by atoms with E-state index in [1.54, 1.807) is 38.5 Å². The Balaban J connectivity index is 2.19. The summed E-state index contributed by atoms with van der Waals surface area (Å²) in [7, 11) is 4.69. The van der Waals surface area contributed by atoms with Crippen LogP contribution < -0.4 is 14.2 Å². The van der Waals surface area contributed by atoms with E-state index in [2.05, 4.69) is 0 Å². The molecule has 5 heteroatoms. The molecule has 2 rings (SSSR count). The zero-order valence-electron chi connectivity index (χ0n) is 13.9. The topological polar surface area (TPSA) is 54.0 Å². The molecule has 24 heavy (non-hydrogen) atoms. The number of carbonyl (C=O) groups excluding carboxylic acids is 1. The second-order valence-electron chi connectivity index (χ2n) is 4.88. The van der Waals surface area contributed by atoms with Crippen molar-refractivity contribution in [3.05, 3.63) is 59.7 Å². The minimum Gasteiger partial charge on any atom is -0.497 e. The number of rotatable bonds is 8. The van der Waals surface area contributed by atoms with Gasteiger partial charge in [-0.2, -0.15) is 0 Å². The molecule has 0 heterocycles. The number of hydrogen-bond donors (Lipinski definition) is 0. The van der Waals surface area contributed by atoms with Crippen molar-refractivity contribution in [2.45, 2.75) is 0 Å². The molecule has 0 spiro atoms. The van der Waals surface area contributed by atoms with Gasteiger partial charge in [0.2, 0.25) is 0 Å². The van der Waals surface area contributed by atoms with E-state index in [-0.39, 0.29) is 12.6 Å². The summed E-state index contributed by atoms with van der Waals surface area (Å²) in [5, 5.41) is 0. The number of hydrogen-bond acceptors (Lipinski definition) is 5. The van der Waals surface area contributed by atoms with Crippen LogP contribution in [0, 0.1) is 0 Å². The fraction of sp³-hybridized carbons (Fsp3) is 0.211. The smallest absolute Gasteiger partial charge is 0.189 e. The van der Waals surface area contributed by atoms with E-state index < -0.39 is 0 Å². The molecule has 0 saturated carbocycles. The van der Waals surface area contributed by atoms with E-state index in [1.165, 1.54) is 13.2 Å². The summed E-state index contributed by atoms with van der Waals surface area (Å²) in [6.45, 7) is 0.0512. The third kappa shape index (κ3) is 4.60. The van der Waals surface area contributed by atoms with Gasteiger partial charge < -0.3 is 18.9 Å². The lowest BCUT2D eigenvalue weighted by atomic mass is 10.1. The van der Waals surface area contributed by atoms with Gasteiger partial charge >= 0.3 is 0 Å². The van der Waals surface area contributed by atoms with E-state index >= 15 is 0 Å². The van der Waals surface area contributed by atoms with Crippen LogP contribution in [0.15, 0.2) is 48.5 Å². The van der Waals surface area contributed by atoms with Gasteiger partial charge in [-0.15, -0.1) is 0 Å². The lowest BCUT2D eigenvalue weighted by Crippen LogP contribution is -2.05. The Labute approximate surface area is 141 Å². The van der Waals surface area contributed by atoms with Gasteiger partial charge in [0.25, 0.3) is 0 Å². The summed E-state index contributed by atoms with van der Waals surface area (Å²) < 4.78 is 20.6. The molecule has 5 nitrogen and oxygen atoms in total. The summed E-state index contributed by atoms with van der Waals surface area (Å²) in [4.78, 5) is 12.5. The Bertz CT molecular complexity index is 704. The fourth-order valence-electron chi connectivity index (χ4n) is 2.05. The number of ketones is 1. The molecular formula is C19H20O5. The molecule has 0 saturated heterocycles. The molecule has 0 atom stereocenters. The van der Waals surface area contributed by atoms with Gasteiger partial charge in [-0.1, -0.05) is 18.2 Å². The van der Waals surface area contributed by atoms with Crippen LogP contribution in [0.3, 0.4) is 0 Å². The van der Waals surface area contributed by atoms with Crippen molar-refractivity contribution < 1.29 is 23.7 Å². The first-order chi connectivity index (χ1) is 11.7. The maximum atomic E-state index is 12.5. The molecular weight excluding hydrogens is 308 g/mol. The zero-order valence-corrected chi connectivity index (χ0v) is 13.9. The Kier molecular flexibility index (Phi) is 6.40. The van der Waals surface area contributed by atoms with E-state index in [1.807, 2.05) is 24.3 Å². The van der Waals surface area contributed by atoms with Crippen molar-refractivity contribution >= 4 is 11.9 Å². The molecule has 0 N–H and O–H groups in total. The predicted octanol–water partition coefficient (Wildman–Crippen LogP) is 3.58. The summed E-state index contributed by atoms with van der Waals surface area (Å²) in [6.07, 6.45) is 3.25. The summed E-state index contributed by atoms with van der Waals surface area (Å²) in [5.41, 5.74) is 1.34. The number of ether oxygens (including phenoxy) is 4. The monoisotopic (exact) mass is 328 g/mol. The standard InChI is InChI=1S/C19H20O5/c1-21-13-24-19-12-16(23-3)9-10-17(19)18(20)11-6-14-4-7-15(22-2)8-5-14/h4-12H,13H2,1-3H3/b11-6+. The number of carbonyl (C=O) groups is 1. The Hall–Kier alpha value is -2.79. The van der Waals surface area contributed by atoms with Gasteiger partial charge in [0.15, 0.2) is 12.6 Å². The average molecular weight is 328 g/mol. The van der Waals surface area contributed by atoms with E-state index in [0.29, 0.717) is 17.1 Å². The van der Waals surface area contributed by atoms with Crippen LogP contribution in [0.2, 0.25) is 0 Å². The minimum absolute atomic E-state index is 0.0512. The van der Waals surface area contributed by atoms with Crippen molar-refractivity contribution in [1.29, 1.82) is 0 Å². The van der Waals surface area contributed by atoms with Gasteiger partial charge in [-0.25, -0.2) is 0 Å². The van der Waals surface area contributed by atoms with Crippen LogP contribution in [-0.4, -0.2) is 33.9 Å². The lowest BCUT2D eigenvalue weighted by molar-refractivity contribution is 0.0502. The summed E-state index contributed by atoms with van der Waals surface area (Å²) in [6, 6.07) is 12.5. The molecule has 0 amide bonds. The van der Waals surface area contributed by atoms with Gasteiger partial charge in [0.1, 0.15) is 17.2 Å². The predicted molar refractivity (Wildman–Crippen MR) is 91.9 cm³/mol. The largest absolute Gasteiger partial charge is 0.497 e. The molecule has 0 aliphatic rings. The van der Waals surface area contributed by atoms with E-state index in [0.717, 1.165) is 11.3 Å². The highest BCUT2D eigenvalue weighted by Crippen LogP contribution is 2.26. The van der Waals surface area contributed by atoms with Crippen molar-refractivity contribution in [2.24, 2.45) is 0 Å². The fourth-order valence-corrected chi connectivity index (χ4v) is 2.05. The molecule has 0 aliphatic carbocycles. The minimum atomic E-state index is -0.167. The average Bonchev–Trinajstić information content (AvgIpc) is 2.64. The highest BCUT2D eigenvalue weighted by atomic mass is 16.7. The first-order valence-corrected chi connectivity index (χ1v) is 7.34. The molecule has 0 fully saturated rings. The van der Waals surface area contributed by atoms with E-state index in [4.69, 9.17) is 18.9 Å². The van der Waals surface area contributed by atoms with Crippen molar-refractivity contribution in [1.82, 2.24) is 0 Å². The second kappa shape index (κ2) is 8.74. The van der Waals surface area contributed by atoms with Crippen LogP contribution in [0.4, 0.5) is 0 Å². The molecule has 2 aromatic carbocycles. The third-order valence-electron chi connectivity index (χ3n) is 3.33. The summed E-state index contributed by atoms with van der Waals surface area (Å²) >= 11 is 0. The lowest BCUT2D eigenvalue weighted by Gasteiger charge is -2.10. The Morgan fingerprint density at radius 2 is 1.62 bits per heavy atom. The van der Waals surface area contributed by atoms with Crippen molar-refractivity contribution in [2.75, 3.05) is 28.1 Å². The second-order valence-corrected chi connectivity index (χ2v) is 4.88.